The SMILES string of the molecule is CC.CC.COC1CCC(N2CCS(=O)CC2)CC1. The molecule has 0 amide bonds. The van der Waals surface area contributed by atoms with Crippen molar-refractivity contribution in [1.82, 2.24) is 4.90 Å². The second-order valence-corrected chi connectivity index (χ2v) is 6.25. The van der Waals surface area contributed by atoms with Crippen LogP contribution in [0.4, 0.5) is 0 Å². The average molecular weight is 292 g/mol. The van der Waals surface area contributed by atoms with E-state index in [1.807, 2.05) is 34.8 Å². The zero-order valence-electron chi connectivity index (χ0n) is 13.5. The fraction of sp³-hybridized carbons (Fsp3) is 1.00. The highest BCUT2D eigenvalue weighted by Gasteiger charge is 2.27. The molecule has 1 saturated heterocycles. The highest BCUT2D eigenvalue weighted by Crippen LogP contribution is 2.25. The van der Waals surface area contributed by atoms with Crippen molar-refractivity contribution < 1.29 is 8.95 Å². The molecule has 0 aromatic rings. The summed E-state index contributed by atoms with van der Waals surface area (Å²) in [4.78, 5) is 2.54. The maximum Gasteiger partial charge on any atom is 0.0572 e. The molecule has 0 N–H and O–H groups in total. The lowest BCUT2D eigenvalue weighted by molar-refractivity contribution is 0.0406. The van der Waals surface area contributed by atoms with Gasteiger partial charge in [0.2, 0.25) is 0 Å². The number of methoxy groups -OCH3 is 1. The zero-order chi connectivity index (χ0) is 14.7. The van der Waals surface area contributed by atoms with Gasteiger partial charge >= 0.3 is 0 Å². The first-order valence-corrected chi connectivity index (χ1v) is 9.40. The van der Waals surface area contributed by atoms with E-state index in [0.717, 1.165) is 30.6 Å². The van der Waals surface area contributed by atoms with Crippen LogP contribution in [-0.4, -0.2) is 53.0 Å². The van der Waals surface area contributed by atoms with Gasteiger partial charge in [0, 0.05) is 48.5 Å². The molecular weight excluding hydrogens is 258 g/mol. The molecule has 0 bridgehead atoms. The zero-order valence-corrected chi connectivity index (χ0v) is 14.3. The molecule has 1 heterocycles. The predicted octanol–water partition coefficient (Wildman–Crippen LogP) is 3.06. The predicted molar refractivity (Wildman–Crippen MR) is 85.2 cm³/mol. The van der Waals surface area contributed by atoms with Gasteiger partial charge < -0.3 is 4.74 Å². The van der Waals surface area contributed by atoms with Gasteiger partial charge in [0.25, 0.3) is 0 Å². The molecule has 1 aliphatic heterocycles. The first kappa shape index (κ1) is 19.1. The first-order valence-electron chi connectivity index (χ1n) is 7.91. The minimum atomic E-state index is -0.540. The Hall–Kier alpha value is 0.0700. The van der Waals surface area contributed by atoms with Crippen LogP contribution >= 0.6 is 0 Å². The molecule has 116 valence electrons. The van der Waals surface area contributed by atoms with Crippen molar-refractivity contribution in [1.29, 1.82) is 0 Å². The molecule has 1 aliphatic carbocycles. The van der Waals surface area contributed by atoms with Crippen LogP contribution in [0.3, 0.4) is 0 Å². The quantitative estimate of drug-likeness (QED) is 0.783. The fourth-order valence-electron chi connectivity index (χ4n) is 2.66. The number of rotatable bonds is 2. The number of nitrogens with zero attached hydrogens (tertiary/aromatic N) is 1. The maximum atomic E-state index is 11.3. The third kappa shape index (κ3) is 6.87. The van der Waals surface area contributed by atoms with Crippen molar-refractivity contribution in [2.45, 2.75) is 65.5 Å². The van der Waals surface area contributed by atoms with Crippen LogP contribution in [0.2, 0.25) is 0 Å². The van der Waals surface area contributed by atoms with Crippen molar-refractivity contribution in [3.05, 3.63) is 0 Å². The van der Waals surface area contributed by atoms with Crippen LogP contribution in [0, 0.1) is 0 Å². The average Bonchev–Trinajstić information content (AvgIpc) is 2.52. The topological polar surface area (TPSA) is 29.5 Å². The van der Waals surface area contributed by atoms with Gasteiger partial charge in [0.15, 0.2) is 0 Å². The Balaban J connectivity index is 0.000000741. The summed E-state index contributed by atoms with van der Waals surface area (Å²) in [5.41, 5.74) is 0. The van der Waals surface area contributed by atoms with E-state index in [1.165, 1.54) is 25.7 Å². The summed E-state index contributed by atoms with van der Waals surface area (Å²) in [6.07, 6.45) is 5.39. The Bertz CT molecular complexity index is 218. The van der Waals surface area contributed by atoms with Gasteiger partial charge in [-0.05, 0) is 25.7 Å². The van der Waals surface area contributed by atoms with Gasteiger partial charge in [-0.2, -0.15) is 0 Å². The van der Waals surface area contributed by atoms with Crippen molar-refractivity contribution in [3.63, 3.8) is 0 Å². The van der Waals surface area contributed by atoms with Gasteiger partial charge in [-0.3, -0.25) is 9.11 Å². The van der Waals surface area contributed by atoms with Gasteiger partial charge in [0.05, 0.1) is 6.10 Å². The van der Waals surface area contributed by atoms with Crippen LogP contribution < -0.4 is 0 Å². The van der Waals surface area contributed by atoms with E-state index in [1.54, 1.807) is 0 Å². The van der Waals surface area contributed by atoms with Crippen molar-refractivity contribution in [2.75, 3.05) is 31.7 Å². The number of hydrogen-bond donors (Lipinski definition) is 0. The Kier molecular flexibility index (Phi) is 11.9. The lowest BCUT2D eigenvalue weighted by Crippen LogP contribution is -2.46. The van der Waals surface area contributed by atoms with Gasteiger partial charge in [-0.25, -0.2) is 0 Å². The van der Waals surface area contributed by atoms with Crippen LogP contribution in [0.1, 0.15) is 53.4 Å². The highest BCUT2D eigenvalue weighted by molar-refractivity contribution is 7.85. The summed E-state index contributed by atoms with van der Waals surface area (Å²) in [5.74, 6) is 1.76. The lowest BCUT2D eigenvalue weighted by atomic mass is 9.92. The van der Waals surface area contributed by atoms with E-state index in [-0.39, 0.29) is 0 Å². The van der Waals surface area contributed by atoms with Gasteiger partial charge in [-0.15, -0.1) is 0 Å². The smallest absolute Gasteiger partial charge is 0.0572 e. The summed E-state index contributed by atoms with van der Waals surface area (Å²) in [7, 11) is 1.27. The molecule has 0 unspecified atom stereocenters. The molecule has 2 fully saturated rings. The maximum absolute atomic E-state index is 11.3. The van der Waals surface area contributed by atoms with Crippen molar-refractivity contribution in [3.8, 4) is 0 Å². The van der Waals surface area contributed by atoms with E-state index in [4.69, 9.17) is 4.74 Å². The summed E-state index contributed by atoms with van der Waals surface area (Å²) >= 11 is 0. The normalized spacial score (nSPS) is 28.7. The van der Waals surface area contributed by atoms with E-state index in [2.05, 4.69) is 4.90 Å². The Morgan fingerprint density at radius 2 is 1.42 bits per heavy atom. The highest BCUT2D eigenvalue weighted by atomic mass is 32.2. The van der Waals surface area contributed by atoms with Crippen LogP contribution in [0.15, 0.2) is 0 Å². The van der Waals surface area contributed by atoms with Crippen LogP contribution in [0.25, 0.3) is 0 Å². The molecule has 4 heteroatoms. The van der Waals surface area contributed by atoms with Gasteiger partial charge in [0.1, 0.15) is 0 Å². The summed E-state index contributed by atoms with van der Waals surface area (Å²) in [6, 6.07) is 0.730. The minimum Gasteiger partial charge on any atom is -0.381 e. The first-order chi connectivity index (χ1) is 9.29. The molecule has 0 aromatic heterocycles. The third-order valence-electron chi connectivity index (χ3n) is 3.71. The van der Waals surface area contributed by atoms with Crippen molar-refractivity contribution in [2.24, 2.45) is 0 Å². The fourth-order valence-corrected chi connectivity index (χ4v) is 3.74. The van der Waals surface area contributed by atoms with E-state index < -0.39 is 10.8 Å². The number of hydrogen-bond acceptors (Lipinski definition) is 3. The molecular formula is C15H33NO2S. The second-order valence-electron chi connectivity index (χ2n) is 4.55. The largest absolute Gasteiger partial charge is 0.381 e. The van der Waals surface area contributed by atoms with E-state index >= 15 is 0 Å². The van der Waals surface area contributed by atoms with Crippen molar-refractivity contribution >= 4 is 10.8 Å². The molecule has 3 nitrogen and oxygen atoms in total. The third-order valence-corrected chi connectivity index (χ3v) is 4.98. The Morgan fingerprint density at radius 1 is 0.947 bits per heavy atom. The molecule has 1 saturated carbocycles. The second kappa shape index (κ2) is 11.9. The van der Waals surface area contributed by atoms with Crippen LogP contribution in [-0.2, 0) is 15.5 Å². The number of ether oxygens (including phenoxy) is 1. The monoisotopic (exact) mass is 291 g/mol. The summed E-state index contributed by atoms with van der Waals surface area (Å²) in [5, 5.41) is 0. The van der Waals surface area contributed by atoms with E-state index in [0.29, 0.717) is 6.10 Å². The molecule has 0 atom stereocenters. The van der Waals surface area contributed by atoms with Gasteiger partial charge in [-0.1, -0.05) is 27.7 Å². The van der Waals surface area contributed by atoms with E-state index in [9.17, 15) is 4.21 Å². The standard InChI is InChI=1S/C11H21NO2S.2C2H6/c1-14-11-4-2-10(3-5-11)12-6-8-15(13)9-7-12;2*1-2/h10-11H,2-9H2,1H3;2*1-2H3. The minimum absolute atomic E-state index is 0.486. The molecule has 0 radical (unpaired) electrons. The van der Waals surface area contributed by atoms with Crippen LogP contribution in [0.5, 0.6) is 0 Å². The molecule has 19 heavy (non-hydrogen) atoms. The Morgan fingerprint density at radius 3 is 1.84 bits per heavy atom. The molecule has 0 aromatic carbocycles. The molecule has 0 spiro atoms. The molecule has 2 rings (SSSR count). The molecule has 2 aliphatic rings. The summed E-state index contributed by atoms with van der Waals surface area (Å²) in [6.45, 7) is 10.1. The Labute approximate surface area is 122 Å². The lowest BCUT2D eigenvalue weighted by Gasteiger charge is -2.38. The summed E-state index contributed by atoms with van der Waals surface area (Å²) < 4.78 is 16.6.